The van der Waals surface area contributed by atoms with Crippen molar-refractivity contribution in [1.82, 2.24) is 40.0 Å². The van der Waals surface area contributed by atoms with Crippen LogP contribution in [0.4, 0.5) is 22.0 Å². The summed E-state index contributed by atoms with van der Waals surface area (Å²) in [6, 6.07) is 7.63. The lowest BCUT2D eigenvalue weighted by molar-refractivity contribution is -0.137. The minimum atomic E-state index is -4.61. The van der Waals surface area contributed by atoms with Gasteiger partial charge in [-0.2, -0.15) is 27.2 Å². The molecule has 3 aromatic heterocycles. The molecule has 192 valence electrons. The fourth-order valence-corrected chi connectivity index (χ4v) is 3.90. The maximum atomic E-state index is 14.5. The number of aromatic nitrogens is 8. The number of unbranched alkanes of at least 4 members (excludes halogenated alkanes) is 1. The van der Waals surface area contributed by atoms with Crippen LogP contribution >= 0.6 is 0 Å². The van der Waals surface area contributed by atoms with Gasteiger partial charge in [0, 0.05) is 24.7 Å². The van der Waals surface area contributed by atoms with Crippen LogP contribution in [0.25, 0.3) is 17.2 Å². The summed E-state index contributed by atoms with van der Waals surface area (Å²) in [5, 5.41) is 17.1. The number of alkyl halides is 5. The number of nitrogens with one attached hydrogen (secondary N) is 1. The van der Waals surface area contributed by atoms with E-state index in [9.17, 15) is 22.0 Å². The van der Waals surface area contributed by atoms with E-state index >= 15 is 0 Å². The molecule has 0 spiro atoms. The molecule has 0 bridgehead atoms. The minimum Gasteiger partial charge on any atom is -0.313 e. The van der Waals surface area contributed by atoms with Crippen LogP contribution in [0, 0.1) is 0 Å². The van der Waals surface area contributed by atoms with E-state index in [-0.39, 0.29) is 24.5 Å². The van der Waals surface area contributed by atoms with Gasteiger partial charge < -0.3 is 4.57 Å². The van der Waals surface area contributed by atoms with Crippen LogP contribution in [0.5, 0.6) is 0 Å². The molecule has 4 aromatic rings. The molecule has 8 nitrogen and oxygen atoms in total. The summed E-state index contributed by atoms with van der Waals surface area (Å²) in [5.74, 6) is -3.31. The molecule has 0 atom stereocenters. The van der Waals surface area contributed by atoms with Crippen LogP contribution in [0.2, 0.25) is 0 Å². The van der Waals surface area contributed by atoms with Crippen molar-refractivity contribution in [2.75, 3.05) is 0 Å². The summed E-state index contributed by atoms with van der Waals surface area (Å²) >= 11 is 0. The highest BCUT2D eigenvalue weighted by Gasteiger charge is 2.38. The van der Waals surface area contributed by atoms with Gasteiger partial charge in [0.25, 0.3) is 0 Å². The molecule has 1 N–H and O–H groups in total. The molecule has 0 radical (unpaired) electrons. The summed E-state index contributed by atoms with van der Waals surface area (Å²) in [6.07, 6.45) is -1.19. The lowest BCUT2D eigenvalue weighted by atomic mass is 10.2. The van der Waals surface area contributed by atoms with Crippen LogP contribution in [0.15, 0.2) is 36.5 Å². The number of H-pyrrole nitrogens is 1. The predicted molar refractivity (Wildman–Crippen MR) is 120 cm³/mol. The summed E-state index contributed by atoms with van der Waals surface area (Å²) in [6.45, 7) is 3.88. The normalized spacial score (nSPS) is 12.4. The number of aromatic amines is 1. The number of hydrogen-bond acceptors (Lipinski definition) is 5. The molecule has 36 heavy (non-hydrogen) atoms. The standard InChI is InChI=1S/C23H25F5N8/c1-3-5-6-18-29-21(22(24,25)12-4-2)32-36(18)14-15-7-9-16(10-8-15)35-13-11-17(23(26,27)28)19(35)20-30-33-34-31-20/h7-11,13H,3-6,12,14H2,1-2H3,(H,30,31,33,34). The number of hydrogen-bond donors (Lipinski definition) is 1. The fourth-order valence-electron chi connectivity index (χ4n) is 3.90. The maximum absolute atomic E-state index is 14.5. The van der Waals surface area contributed by atoms with E-state index in [2.05, 4.69) is 30.7 Å². The van der Waals surface area contributed by atoms with Crippen molar-refractivity contribution in [3.05, 3.63) is 59.3 Å². The van der Waals surface area contributed by atoms with E-state index in [1.165, 1.54) is 15.4 Å². The molecule has 0 unspecified atom stereocenters. The summed E-state index contributed by atoms with van der Waals surface area (Å²) < 4.78 is 72.4. The zero-order valence-electron chi connectivity index (χ0n) is 19.7. The molecule has 0 aliphatic carbocycles. The van der Waals surface area contributed by atoms with Gasteiger partial charge in [-0.25, -0.2) is 9.67 Å². The molecule has 0 aliphatic rings. The molecule has 0 amide bonds. The summed E-state index contributed by atoms with van der Waals surface area (Å²) in [7, 11) is 0. The predicted octanol–water partition coefficient (Wildman–Crippen LogP) is 5.55. The Morgan fingerprint density at radius 3 is 2.33 bits per heavy atom. The molecule has 1 aromatic carbocycles. The quantitative estimate of drug-likeness (QED) is 0.284. The van der Waals surface area contributed by atoms with Gasteiger partial charge in [-0.1, -0.05) is 32.4 Å². The Morgan fingerprint density at radius 1 is 0.972 bits per heavy atom. The van der Waals surface area contributed by atoms with E-state index in [1.807, 2.05) is 6.92 Å². The van der Waals surface area contributed by atoms with Crippen molar-refractivity contribution in [3.8, 4) is 17.2 Å². The SMILES string of the molecule is CCCCc1nc(C(F)(F)CCC)nn1Cc1ccc(-n2ccc(C(F)(F)F)c2-c2nn[nH]n2)cc1. The highest BCUT2D eigenvalue weighted by molar-refractivity contribution is 5.61. The monoisotopic (exact) mass is 508 g/mol. The van der Waals surface area contributed by atoms with Gasteiger partial charge in [0.15, 0.2) is 0 Å². The van der Waals surface area contributed by atoms with Crippen LogP contribution < -0.4 is 0 Å². The minimum absolute atomic E-state index is 0.194. The topological polar surface area (TPSA) is 90.1 Å². The van der Waals surface area contributed by atoms with Gasteiger partial charge >= 0.3 is 12.1 Å². The Labute approximate surface area is 203 Å². The molecule has 0 aliphatic heterocycles. The number of nitrogens with zero attached hydrogens (tertiary/aromatic N) is 7. The van der Waals surface area contributed by atoms with Gasteiger partial charge in [-0.15, -0.1) is 15.3 Å². The number of halogens is 5. The lowest BCUT2D eigenvalue weighted by Gasteiger charge is -2.12. The zero-order chi connectivity index (χ0) is 25.9. The largest absolute Gasteiger partial charge is 0.418 e. The molecular formula is C23H25F5N8. The van der Waals surface area contributed by atoms with E-state index in [0.717, 1.165) is 24.5 Å². The highest BCUT2D eigenvalue weighted by atomic mass is 19.4. The van der Waals surface area contributed by atoms with E-state index in [4.69, 9.17) is 0 Å². The maximum Gasteiger partial charge on any atom is 0.418 e. The van der Waals surface area contributed by atoms with Crippen molar-refractivity contribution < 1.29 is 22.0 Å². The number of tetrazole rings is 1. The van der Waals surface area contributed by atoms with Crippen LogP contribution in [-0.2, 0) is 25.1 Å². The third-order valence-electron chi connectivity index (χ3n) is 5.69. The molecule has 4 rings (SSSR count). The number of benzene rings is 1. The fraction of sp³-hybridized carbons (Fsp3) is 0.435. The van der Waals surface area contributed by atoms with Crippen molar-refractivity contribution in [3.63, 3.8) is 0 Å². The Kier molecular flexibility index (Phi) is 7.18. The second kappa shape index (κ2) is 10.2. The molecule has 3 heterocycles. The first kappa shape index (κ1) is 25.5. The summed E-state index contributed by atoms with van der Waals surface area (Å²) in [4.78, 5) is 4.13. The Hall–Kier alpha value is -3.64. The van der Waals surface area contributed by atoms with Crippen LogP contribution in [-0.4, -0.2) is 40.0 Å². The van der Waals surface area contributed by atoms with Crippen molar-refractivity contribution in [2.45, 2.75) is 64.6 Å². The van der Waals surface area contributed by atoms with E-state index < -0.39 is 23.5 Å². The molecule has 0 saturated heterocycles. The summed E-state index contributed by atoms with van der Waals surface area (Å²) in [5.41, 5.74) is 0.0340. The Bertz CT molecular complexity index is 1270. The van der Waals surface area contributed by atoms with Crippen molar-refractivity contribution >= 4 is 0 Å². The van der Waals surface area contributed by atoms with Crippen molar-refractivity contribution in [1.29, 1.82) is 0 Å². The lowest BCUT2D eigenvalue weighted by Crippen LogP contribution is -2.15. The van der Waals surface area contributed by atoms with Gasteiger partial charge in [0.05, 0.1) is 12.1 Å². The Morgan fingerprint density at radius 2 is 1.72 bits per heavy atom. The second-order valence-corrected chi connectivity index (χ2v) is 8.41. The first-order valence-corrected chi connectivity index (χ1v) is 11.6. The first-order valence-electron chi connectivity index (χ1n) is 11.6. The smallest absolute Gasteiger partial charge is 0.313 e. The molecule has 0 fully saturated rings. The second-order valence-electron chi connectivity index (χ2n) is 8.41. The van der Waals surface area contributed by atoms with Crippen LogP contribution in [0.3, 0.4) is 0 Å². The van der Waals surface area contributed by atoms with Gasteiger partial charge in [0.1, 0.15) is 11.5 Å². The van der Waals surface area contributed by atoms with Crippen molar-refractivity contribution in [2.24, 2.45) is 0 Å². The zero-order valence-corrected chi connectivity index (χ0v) is 19.7. The van der Waals surface area contributed by atoms with Gasteiger partial charge in [-0.3, -0.25) is 0 Å². The third-order valence-corrected chi connectivity index (χ3v) is 5.69. The van der Waals surface area contributed by atoms with Crippen LogP contribution in [0.1, 0.15) is 62.3 Å². The average Bonchev–Trinajstić information content (AvgIpc) is 3.57. The van der Waals surface area contributed by atoms with Gasteiger partial charge in [-0.05, 0) is 41.8 Å². The molecule has 13 heteroatoms. The number of rotatable bonds is 10. The van der Waals surface area contributed by atoms with E-state index in [0.29, 0.717) is 24.4 Å². The first-order chi connectivity index (χ1) is 17.1. The highest BCUT2D eigenvalue weighted by Crippen LogP contribution is 2.38. The van der Waals surface area contributed by atoms with Gasteiger partial charge in [0.2, 0.25) is 11.6 Å². The molecule has 0 saturated carbocycles. The average molecular weight is 508 g/mol. The molecular weight excluding hydrogens is 483 g/mol. The number of aryl methyl sites for hydroxylation is 1. The Balaban J connectivity index is 1.64. The third kappa shape index (κ3) is 5.29. The van der Waals surface area contributed by atoms with E-state index in [1.54, 1.807) is 31.2 Å².